The Kier molecular flexibility index (Phi) is 6.10. The van der Waals surface area contributed by atoms with Crippen LogP contribution in [0.1, 0.15) is 26.7 Å². The van der Waals surface area contributed by atoms with Crippen molar-refractivity contribution in [1.82, 2.24) is 4.90 Å². The highest BCUT2D eigenvalue weighted by Crippen LogP contribution is 2.20. The Morgan fingerprint density at radius 3 is 2.96 bits per heavy atom. The molecule has 1 aromatic rings. The lowest BCUT2D eigenvalue weighted by molar-refractivity contribution is -0.150. The third-order valence-corrected chi connectivity index (χ3v) is 4.09. The Morgan fingerprint density at radius 2 is 2.26 bits per heavy atom. The number of ether oxygens (including phenoxy) is 1. The van der Waals surface area contributed by atoms with Crippen LogP contribution in [-0.4, -0.2) is 42.5 Å². The van der Waals surface area contributed by atoms with E-state index >= 15 is 0 Å². The second-order valence-electron chi connectivity index (χ2n) is 5.76. The van der Waals surface area contributed by atoms with Crippen molar-refractivity contribution in [2.24, 2.45) is 5.92 Å². The first-order valence-electron chi connectivity index (χ1n) is 7.98. The summed E-state index contributed by atoms with van der Waals surface area (Å²) in [5, 5.41) is 2.71. The van der Waals surface area contributed by atoms with E-state index in [9.17, 15) is 14.0 Å². The van der Waals surface area contributed by atoms with Crippen LogP contribution in [0.25, 0.3) is 0 Å². The zero-order chi connectivity index (χ0) is 16.8. The summed E-state index contributed by atoms with van der Waals surface area (Å²) in [5.41, 5.74) is 0.431. The molecule has 1 amide bonds. The maximum atomic E-state index is 13.2. The van der Waals surface area contributed by atoms with Gasteiger partial charge in [-0.05, 0) is 51.4 Å². The topological polar surface area (TPSA) is 58.6 Å². The van der Waals surface area contributed by atoms with Crippen molar-refractivity contribution in [2.75, 3.05) is 25.0 Å². The molecule has 6 heteroatoms. The highest BCUT2D eigenvalue weighted by Gasteiger charge is 2.31. The first-order valence-corrected chi connectivity index (χ1v) is 7.98. The van der Waals surface area contributed by atoms with Gasteiger partial charge in [0.25, 0.3) is 0 Å². The van der Waals surface area contributed by atoms with Crippen LogP contribution in [0.4, 0.5) is 10.1 Å². The van der Waals surface area contributed by atoms with Crippen molar-refractivity contribution >= 4 is 17.6 Å². The molecule has 1 saturated heterocycles. The van der Waals surface area contributed by atoms with Crippen molar-refractivity contribution in [2.45, 2.75) is 32.7 Å². The molecule has 1 heterocycles. The van der Waals surface area contributed by atoms with E-state index in [0.717, 1.165) is 19.4 Å². The van der Waals surface area contributed by atoms with Gasteiger partial charge in [-0.15, -0.1) is 0 Å². The Hall–Kier alpha value is -1.95. The van der Waals surface area contributed by atoms with E-state index in [0.29, 0.717) is 18.8 Å². The van der Waals surface area contributed by atoms with Gasteiger partial charge in [0.05, 0.1) is 18.6 Å². The first-order chi connectivity index (χ1) is 11.0. The largest absolute Gasteiger partial charge is 0.466 e. The summed E-state index contributed by atoms with van der Waals surface area (Å²) in [6, 6.07) is 5.41. The quantitative estimate of drug-likeness (QED) is 0.846. The summed E-state index contributed by atoms with van der Waals surface area (Å²) in [5.74, 6) is -0.987. The number of anilines is 1. The number of nitrogens with zero attached hydrogens (tertiary/aromatic N) is 1. The van der Waals surface area contributed by atoms with Gasteiger partial charge in [-0.3, -0.25) is 14.5 Å². The van der Waals surface area contributed by atoms with E-state index in [2.05, 4.69) is 5.32 Å². The van der Waals surface area contributed by atoms with E-state index in [1.165, 1.54) is 12.1 Å². The van der Waals surface area contributed by atoms with Crippen molar-refractivity contribution < 1.29 is 18.7 Å². The molecule has 0 bridgehead atoms. The van der Waals surface area contributed by atoms with Crippen molar-refractivity contribution in [3.05, 3.63) is 30.1 Å². The van der Waals surface area contributed by atoms with Crippen LogP contribution in [0.3, 0.4) is 0 Å². The fraction of sp³-hybridized carbons (Fsp3) is 0.529. The number of rotatable bonds is 5. The molecule has 0 spiro atoms. The van der Waals surface area contributed by atoms with E-state index < -0.39 is 11.9 Å². The van der Waals surface area contributed by atoms with Crippen molar-refractivity contribution in [3.8, 4) is 0 Å². The predicted octanol–water partition coefficient (Wildman–Crippen LogP) is 2.43. The normalized spacial score (nSPS) is 19.9. The van der Waals surface area contributed by atoms with E-state index in [1.54, 1.807) is 26.0 Å². The number of hydrogen-bond acceptors (Lipinski definition) is 4. The average molecular weight is 322 g/mol. The third-order valence-electron chi connectivity index (χ3n) is 4.09. The zero-order valence-corrected chi connectivity index (χ0v) is 13.5. The second kappa shape index (κ2) is 8.06. The van der Waals surface area contributed by atoms with Gasteiger partial charge < -0.3 is 10.1 Å². The summed E-state index contributed by atoms with van der Waals surface area (Å²) in [7, 11) is 0. The minimum atomic E-state index is -0.393. The minimum absolute atomic E-state index is 0.187. The van der Waals surface area contributed by atoms with Crippen LogP contribution in [0.15, 0.2) is 24.3 Å². The van der Waals surface area contributed by atoms with E-state index in [4.69, 9.17) is 4.74 Å². The fourth-order valence-corrected chi connectivity index (χ4v) is 2.79. The summed E-state index contributed by atoms with van der Waals surface area (Å²) < 4.78 is 18.2. The molecule has 2 atom stereocenters. The SMILES string of the molecule is CCOC(=O)C1CCCN(C(C)C(=O)Nc2cccc(F)c2)C1. The number of carbonyl (C=O) groups is 2. The summed E-state index contributed by atoms with van der Waals surface area (Å²) in [4.78, 5) is 26.2. The standard InChI is InChI=1S/C17H23FN2O3/c1-3-23-17(22)13-6-5-9-20(11-13)12(2)16(21)19-15-8-4-7-14(18)10-15/h4,7-8,10,12-13H,3,5-6,9,11H2,1-2H3,(H,19,21). The molecular weight excluding hydrogens is 299 g/mol. The van der Waals surface area contributed by atoms with Crippen LogP contribution < -0.4 is 5.32 Å². The lowest BCUT2D eigenvalue weighted by atomic mass is 9.97. The molecule has 5 nitrogen and oxygen atoms in total. The van der Waals surface area contributed by atoms with Crippen LogP contribution >= 0.6 is 0 Å². The molecule has 126 valence electrons. The van der Waals surface area contributed by atoms with E-state index in [1.807, 2.05) is 4.90 Å². The lowest BCUT2D eigenvalue weighted by Gasteiger charge is -2.35. The number of benzene rings is 1. The Morgan fingerprint density at radius 1 is 1.48 bits per heavy atom. The third kappa shape index (κ3) is 4.76. The first kappa shape index (κ1) is 17.4. The van der Waals surface area contributed by atoms with Gasteiger partial charge in [-0.1, -0.05) is 6.07 Å². The number of hydrogen-bond donors (Lipinski definition) is 1. The molecule has 0 saturated carbocycles. The molecule has 1 aliphatic heterocycles. The molecule has 1 N–H and O–H groups in total. The number of nitrogens with one attached hydrogen (secondary N) is 1. The number of piperidine rings is 1. The van der Waals surface area contributed by atoms with Gasteiger partial charge in [0.15, 0.2) is 0 Å². The van der Waals surface area contributed by atoms with Gasteiger partial charge >= 0.3 is 5.97 Å². The minimum Gasteiger partial charge on any atom is -0.466 e. The Balaban J connectivity index is 1.94. The number of amides is 1. The van der Waals surface area contributed by atoms with Crippen LogP contribution in [0.2, 0.25) is 0 Å². The predicted molar refractivity (Wildman–Crippen MR) is 85.4 cm³/mol. The van der Waals surface area contributed by atoms with Gasteiger partial charge in [0.1, 0.15) is 5.82 Å². The van der Waals surface area contributed by atoms with Gasteiger partial charge in [-0.25, -0.2) is 4.39 Å². The van der Waals surface area contributed by atoms with Crippen molar-refractivity contribution in [3.63, 3.8) is 0 Å². The molecular formula is C17H23FN2O3. The molecule has 0 radical (unpaired) electrons. The van der Waals surface area contributed by atoms with Gasteiger partial charge in [0, 0.05) is 12.2 Å². The monoisotopic (exact) mass is 322 g/mol. The van der Waals surface area contributed by atoms with Gasteiger partial charge in [0.2, 0.25) is 5.91 Å². The summed E-state index contributed by atoms with van der Waals surface area (Å²) >= 11 is 0. The molecule has 0 aromatic heterocycles. The number of esters is 1. The molecule has 1 aromatic carbocycles. The zero-order valence-electron chi connectivity index (χ0n) is 13.5. The Labute approximate surface area is 135 Å². The molecule has 2 unspecified atom stereocenters. The molecule has 2 rings (SSSR count). The smallest absolute Gasteiger partial charge is 0.310 e. The maximum Gasteiger partial charge on any atom is 0.310 e. The number of halogens is 1. The summed E-state index contributed by atoms with van der Waals surface area (Å²) in [6.45, 7) is 5.21. The van der Waals surface area contributed by atoms with Crippen LogP contribution in [-0.2, 0) is 14.3 Å². The van der Waals surface area contributed by atoms with Crippen LogP contribution in [0, 0.1) is 11.7 Å². The molecule has 1 aliphatic rings. The van der Waals surface area contributed by atoms with Crippen LogP contribution in [0.5, 0.6) is 0 Å². The van der Waals surface area contributed by atoms with E-state index in [-0.39, 0.29) is 17.8 Å². The lowest BCUT2D eigenvalue weighted by Crippen LogP contribution is -2.48. The maximum absolute atomic E-state index is 13.2. The number of likely N-dealkylation sites (tertiary alicyclic amines) is 1. The highest BCUT2D eigenvalue weighted by molar-refractivity contribution is 5.94. The Bertz CT molecular complexity index is 565. The fourth-order valence-electron chi connectivity index (χ4n) is 2.79. The van der Waals surface area contributed by atoms with Crippen molar-refractivity contribution in [1.29, 1.82) is 0 Å². The second-order valence-corrected chi connectivity index (χ2v) is 5.76. The summed E-state index contributed by atoms with van der Waals surface area (Å²) in [6.07, 6.45) is 1.63. The molecule has 1 fully saturated rings. The average Bonchev–Trinajstić information content (AvgIpc) is 2.54. The molecule has 23 heavy (non-hydrogen) atoms. The highest BCUT2D eigenvalue weighted by atomic mass is 19.1. The molecule has 0 aliphatic carbocycles. The van der Waals surface area contributed by atoms with Gasteiger partial charge in [-0.2, -0.15) is 0 Å². The number of carbonyl (C=O) groups excluding carboxylic acids is 2.